The van der Waals surface area contributed by atoms with E-state index in [4.69, 9.17) is 4.52 Å². The quantitative estimate of drug-likeness (QED) is 0.848. The minimum Gasteiger partial charge on any atom is -0.315 e. The number of hydrogen-bond acceptors (Lipinski definition) is 5. The van der Waals surface area contributed by atoms with Gasteiger partial charge in [-0.3, -0.25) is 10.1 Å². The lowest BCUT2D eigenvalue weighted by Crippen LogP contribution is -2.26. The van der Waals surface area contributed by atoms with Gasteiger partial charge in [0.05, 0.1) is 0 Å². The summed E-state index contributed by atoms with van der Waals surface area (Å²) < 4.78 is 4.90. The average molecular weight is 258 g/mol. The Kier molecular flexibility index (Phi) is 3.00. The van der Waals surface area contributed by atoms with E-state index in [2.05, 4.69) is 20.8 Å². The first-order valence-corrected chi connectivity index (χ1v) is 6.17. The molecule has 0 fully saturated rings. The molecule has 3 rings (SSSR count). The minimum absolute atomic E-state index is 0.133. The second-order valence-corrected chi connectivity index (χ2v) is 4.47. The van der Waals surface area contributed by atoms with Crippen LogP contribution in [0.25, 0.3) is 0 Å². The van der Waals surface area contributed by atoms with Crippen molar-refractivity contribution in [1.82, 2.24) is 15.5 Å². The van der Waals surface area contributed by atoms with Crippen molar-refractivity contribution >= 4 is 11.9 Å². The number of nitrogens with zero attached hydrogens (tertiary/aromatic N) is 2. The number of fused-ring (bicyclic) bond motifs is 1. The number of aromatic nitrogens is 2. The molecule has 0 bridgehead atoms. The number of rotatable bonds is 2. The molecule has 6 heteroatoms. The van der Waals surface area contributed by atoms with Gasteiger partial charge in [-0.1, -0.05) is 17.3 Å². The second kappa shape index (κ2) is 4.81. The first-order valence-electron chi connectivity index (χ1n) is 6.17. The normalized spacial score (nSPS) is 13.9. The molecule has 2 N–H and O–H groups in total. The van der Waals surface area contributed by atoms with Gasteiger partial charge in [-0.2, -0.15) is 4.98 Å². The fraction of sp³-hybridized carbons (Fsp3) is 0.308. The van der Waals surface area contributed by atoms with Crippen LogP contribution in [-0.2, 0) is 13.0 Å². The zero-order valence-electron chi connectivity index (χ0n) is 10.6. The Morgan fingerprint density at radius 3 is 3.16 bits per heavy atom. The number of anilines is 1. The van der Waals surface area contributed by atoms with E-state index in [0.717, 1.165) is 25.1 Å². The Bertz CT molecular complexity index is 621. The second-order valence-electron chi connectivity index (χ2n) is 4.47. The maximum absolute atomic E-state index is 12.2. The van der Waals surface area contributed by atoms with Crippen molar-refractivity contribution in [2.75, 3.05) is 11.9 Å². The lowest BCUT2D eigenvalue weighted by molar-refractivity contribution is 0.102. The standard InChI is InChI=1S/C13H14N4O2/c1-8-15-13(19-17-8)16-12(18)11-4-2-3-9-7-14-6-5-10(9)11/h2-4,14H,5-7H2,1H3,(H,15,16,17,18). The van der Waals surface area contributed by atoms with Gasteiger partial charge in [0.2, 0.25) is 0 Å². The van der Waals surface area contributed by atoms with Gasteiger partial charge in [0.1, 0.15) is 0 Å². The largest absolute Gasteiger partial charge is 0.328 e. The molecule has 1 aliphatic rings. The van der Waals surface area contributed by atoms with Gasteiger partial charge in [-0.05, 0) is 37.1 Å². The van der Waals surface area contributed by atoms with Crippen LogP contribution < -0.4 is 10.6 Å². The van der Waals surface area contributed by atoms with Crippen molar-refractivity contribution in [3.63, 3.8) is 0 Å². The summed E-state index contributed by atoms with van der Waals surface area (Å²) in [7, 11) is 0. The van der Waals surface area contributed by atoms with Crippen LogP contribution in [0.2, 0.25) is 0 Å². The predicted octanol–water partition coefficient (Wildman–Crippen LogP) is 1.28. The molecule has 0 saturated heterocycles. The van der Waals surface area contributed by atoms with E-state index in [0.29, 0.717) is 11.4 Å². The highest BCUT2D eigenvalue weighted by Crippen LogP contribution is 2.19. The number of hydrogen-bond donors (Lipinski definition) is 2. The van der Waals surface area contributed by atoms with Crippen LogP contribution in [0.3, 0.4) is 0 Å². The summed E-state index contributed by atoms with van der Waals surface area (Å²) in [5.41, 5.74) is 2.94. The van der Waals surface area contributed by atoms with Gasteiger partial charge in [0.15, 0.2) is 5.82 Å². The smallest absolute Gasteiger partial charge is 0.315 e. The topological polar surface area (TPSA) is 80.0 Å². The summed E-state index contributed by atoms with van der Waals surface area (Å²) in [6.45, 7) is 3.39. The van der Waals surface area contributed by atoms with E-state index in [1.54, 1.807) is 6.92 Å². The van der Waals surface area contributed by atoms with Crippen LogP contribution in [0.5, 0.6) is 0 Å². The van der Waals surface area contributed by atoms with Crippen molar-refractivity contribution < 1.29 is 9.32 Å². The maximum Gasteiger partial charge on any atom is 0.328 e. The predicted molar refractivity (Wildman–Crippen MR) is 68.8 cm³/mol. The first kappa shape index (κ1) is 11.9. The van der Waals surface area contributed by atoms with Crippen LogP contribution in [-0.4, -0.2) is 22.6 Å². The number of benzene rings is 1. The highest BCUT2D eigenvalue weighted by atomic mass is 16.5. The monoisotopic (exact) mass is 258 g/mol. The van der Waals surface area contributed by atoms with Gasteiger partial charge in [0, 0.05) is 12.1 Å². The summed E-state index contributed by atoms with van der Waals surface area (Å²) >= 11 is 0. The Balaban J connectivity index is 1.87. The molecule has 0 saturated carbocycles. The summed E-state index contributed by atoms with van der Waals surface area (Å²) in [4.78, 5) is 16.2. The van der Waals surface area contributed by atoms with Crippen LogP contribution >= 0.6 is 0 Å². The lowest BCUT2D eigenvalue weighted by Gasteiger charge is -2.19. The molecule has 0 atom stereocenters. The molecule has 0 aliphatic carbocycles. The molecular weight excluding hydrogens is 244 g/mol. The van der Waals surface area contributed by atoms with E-state index in [1.165, 1.54) is 5.56 Å². The number of aryl methyl sites for hydroxylation is 1. The van der Waals surface area contributed by atoms with Crippen molar-refractivity contribution in [2.24, 2.45) is 0 Å². The van der Waals surface area contributed by atoms with Crippen molar-refractivity contribution in [3.05, 3.63) is 40.7 Å². The maximum atomic E-state index is 12.2. The lowest BCUT2D eigenvalue weighted by atomic mass is 9.95. The molecule has 0 radical (unpaired) electrons. The molecule has 2 aromatic rings. The van der Waals surface area contributed by atoms with Crippen molar-refractivity contribution in [1.29, 1.82) is 0 Å². The highest BCUT2D eigenvalue weighted by Gasteiger charge is 2.18. The molecule has 2 heterocycles. The zero-order chi connectivity index (χ0) is 13.2. The number of carbonyl (C=O) groups is 1. The summed E-state index contributed by atoms with van der Waals surface area (Å²) in [6.07, 6.45) is 0.849. The van der Waals surface area contributed by atoms with Gasteiger partial charge in [-0.15, -0.1) is 0 Å². The molecule has 19 heavy (non-hydrogen) atoms. The third-order valence-electron chi connectivity index (χ3n) is 3.13. The fourth-order valence-corrected chi connectivity index (χ4v) is 2.26. The molecule has 6 nitrogen and oxygen atoms in total. The molecule has 0 unspecified atom stereocenters. The average Bonchev–Trinajstić information content (AvgIpc) is 2.83. The van der Waals surface area contributed by atoms with Gasteiger partial charge in [0.25, 0.3) is 5.91 Å². The minimum atomic E-state index is -0.206. The molecule has 1 aromatic heterocycles. The van der Waals surface area contributed by atoms with E-state index < -0.39 is 0 Å². The highest BCUT2D eigenvalue weighted by molar-refractivity contribution is 6.04. The molecule has 98 valence electrons. The molecule has 1 aromatic carbocycles. The summed E-state index contributed by atoms with van der Waals surface area (Å²) in [5, 5.41) is 9.56. The summed E-state index contributed by atoms with van der Waals surface area (Å²) in [5.74, 6) is 0.289. The number of nitrogens with one attached hydrogen (secondary N) is 2. The number of carbonyl (C=O) groups excluding carboxylic acids is 1. The Morgan fingerprint density at radius 2 is 2.37 bits per heavy atom. The van der Waals surface area contributed by atoms with E-state index in [-0.39, 0.29) is 11.9 Å². The van der Waals surface area contributed by atoms with Crippen LogP contribution in [0.4, 0.5) is 6.01 Å². The third kappa shape index (κ3) is 2.34. The fourth-order valence-electron chi connectivity index (χ4n) is 2.26. The Hall–Kier alpha value is -2.21. The zero-order valence-corrected chi connectivity index (χ0v) is 10.6. The molecule has 1 aliphatic heterocycles. The molecule has 0 spiro atoms. The van der Waals surface area contributed by atoms with E-state index >= 15 is 0 Å². The Morgan fingerprint density at radius 1 is 1.47 bits per heavy atom. The van der Waals surface area contributed by atoms with Gasteiger partial charge in [-0.25, -0.2) is 0 Å². The van der Waals surface area contributed by atoms with Crippen molar-refractivity contribution in [2.45, 2.75) is 19.9 Å². The van der Waals surface area contributed by atoms with Crippen molar-refractivity contribution in [3.8, 4) is 0 Å². The van der Waals surface area contributed by atoms with Gasteiger partial charge >= 0.3 is 6.01 Å². The first-order chi connectivity index (χ1) is 9.24. The Labute approximate surface area is 110 Å². The molecule has 1 amide bonds. The number of amides is 1. The SMILES string of the molecule is Cc1noc(NC(=O)c2cccc3c2CCNC3)n1. The molecular formula is C13H14N4O2. The van der Waals surface area contributed by atoms with Crippen LogP contribution in [0.15, 0.2) is 22.7 Å². The van der Waals surface area contributed by atoms with Gasteiger partial charge < -0.3 is 9.84 Å². The van der Waals surface area contributed by atoms with E-state index in [1.807, 2.05) is 18.2 Å². The van der Waals surface area contributed by atoms with E-state index in [9.17, 15) is 4.79 Å². The van der Waals surface area contributed by atoms with Crippen LogP contribution in [0, 0.1) is 6.92 Å². The third-order valence-corrected chi connectivity index (χ3v) is 3.13. The summed E-state index contributed by atoms with van der Waals surface area (Å²) in [6, 6.07) is 5.88. The van der Waals surface area contributed by atoms with Crippen LogP contribution in [0.1, 0.15) is 27.3 Å².